The predicted molar refractivity (Wildman–Crippen MR) is 124 cm³/mol. The van der Waals surface area contributed by atoms with Gasteiger partial charge < -0.3 is 15.5 Å². The lowest BCUT2D eigenvalue weighted by molar-refractivity contribution is 0.102. The van der Waals surface area contributed by atoms with Crippen LogP contribution in [-0.4, -0.2) is 55.4 Å². The second-order valence-electron chi connectivity index (χ2n) is 8.63. The number of amides is 1. The number of piperazine rings is 1. The molecule has 1 fully saturated rings. The van der Waals surface area contributed by atoms with Crippen LogP contribution in [0.25, 0.3) is 16.7 Å². The molecule has 0 unspecified atom stereocenters. The number of hydrogen-bond acceptors (Lipinski definition) is 7. The van der Waals surface area contributed by atoms with Gasteiger partial charge >= 0.3 is 0 Å². The fourth-order valence-corrected chi connectivity index (χ4v) is 4.44. The second-order valence-corrected chi connectivity index (χ2v) is 8.63. The molecule has 5 rings (SSSR count). The summed E-state index contributed by atoms with van der Waals surface area (Å²) >= 11 is 0. The van der Waals surface area contributed by atoms with E-state index in [0.717, 1.165) is 24.5 Å². The van der Waals surface area contributed by atoms with Crippen LogP contribution in [0.15, 0.2) is 30.9 Å². The molecule has 0 saturated carbocycles. The predicted octanol–water partition coefficient (Wildman–Crippen LogP) is 2.87. The van der Waals surface area contributed by atoms with E-state index < -0.39 is 11.7 Å². The number of rotatable bonds is 3. The van der Waals surface area contributed by atoms with Crippen molar-refractivity contribution in [1.82, 2.24) is 29.7 Å². The van der Waals surface area contributed by atoms with Crippen LogP contribution >= 0.6 is 0 Å². The van der Waals surface area contributed by atoms with E-state index in [-0.39, 0.29) is 11.2 Å². The Balaban J connectivity index is 1.51. The number of nitrogens with zero attached hydrogens (tertiary/aromatic N) is 6. The van der Waals surface area contributed by atoms with Crippen molar-refractivity contribution in [3.8, 4) is 0 Å². The van der Waals surface area contributed by atoms with E-state index in [1.54, 1.807) is 23.0 Å². The number of imidazole rings is 1. The first-order valence-electron chi connectivity index (χ1n) is 10.9. The highest BCUT2D eigenvalue weighted by Gasteiger charge is 2.26. The summed E-state index contributed by atoms with van der Waals surface area (Å²) in [6, 6.07) is 1.86. The Kier molecular flexibility index (Phi) is 5.16. The van der Waals surface area contributed by atoms with Crippen molar-refractivity contribution in [3.63, 3.8) is 0 Å². The zero-order chi connectivity index (χ0) is 23.3. The molecule has 9 nitrogen and oxygen atoms in total. The summed E-state index contributed by atoms with van der Waals surface area (Å²) in [7, 11) is 0. The molecule has 0 aromatic carbocycles. The first-order valence-corrected chi connectivity index (χ1v) is 10.9. The average molecular weight is 449 g/mol. The Bertz CT molecular complexity index is 1370. The number of anilines is 2. The Hall–Kier alpha value is -3.66. The van der Waals surface area contributed by atoms with Crippen molar-refractivity contribution < 1.29 is 9.18 Å². The number of carbonyl (C=O) groups is 1. The van der Waals surface area contributed by atoms with Gasteiger partial charge in [-0.05, 0) is 27.7 Å². The summed E-state index contributed by atoms with van der Waals surface area (Å²) in [5.41, 5.74) is 3.37. The third kappa shape index (κ3) is 3.76. The highest BCUT2D eigenvalue weighted by Crippen LogP contribution is 2.26. The Morgan fingerprint density at radius 1 is 1.12 bits per heavy atom. The molecule has 4 aromatic heterocycles. The minimum atomic E-state index is -0.510. The SMILES string of the molecule is Cc1nc2c(F)cc(NC(=O)c3cnc(N4C[C@H](C)N[C@@H](C)C4)c4nccnc34)cn2c1C. The molecule has 2 atom stereocenters. The number of nitrogens with one attached hydrogen (secondary N) is 2. The lowest BCUT2D eigenvalue weighted by Crippen LogP contribution is -2.54. The summed E-state index contributed by atoms with van der Waals surface area (Å²) in [4.78, 5) is 33.1. The van der Waals surface area contributed by atoms with Crippen LogP contribution in [0.5, 0.6) is 0 Å². The monoisotopic (exact) mass is 448 g/mol. The molecule has 33 heavy (non-hydrogen) atoms. The first kappa shape index (κ1) is 21.2. The third-order valence-electron chi connectivity index (χ3n) is 5.99. The van der Waals surface area contributed by atoms with Gasteiger partial charge in [0, 0.05) is 61.7 Å². The summed E-state index contributed by atoms with van der Waals surface area (Å²) in [6.45, 7) is 9.46. The van der Waals surface area contributed by atoms with Crippen LogP contribution in [0.4, 0.5) is 15.9 Å². The molecule has 2 N–H and O–H groups in total. The Morgan fingerprint density at radius 2 is 1.82 bits per heavy atom. The number of aromatic nitrogens is 5. The zero-order valence-corrected chi connectivity index (χ0v) is 18.9. The molecule has 5 heterocycles. The summed E-state index contributed by atoms with van der Waals surface area (Å²) in [6.07, 6.45) is 6.32. The molecule has 10 heteroatoms. The zero-order valence-electron chi connectivity index (χ0n) is 18.9. The third-order valence-corrected chi connectivity index (χ3v) is 5.99. The van der Waals surface area contributed by atoms with E-state index in [4.69, 9.17) is 0 Å². The van der Waals surface area contributed by atoms with Gasteiger partial charge in [-0.25, -0.2) is 19.3 Å². The quantitative estimate of drug-likeness (QED) is 0.497. The van der Waals surface area contributed by atoms with Gasteiger partial charge in [0.15, 0.2) is 17.3 Å². The van der Waals surface area contributed by atoms with Gasteiger partial charge in [0.1, 0.15) is 11.0 Å². The molecular weight excluding hydrogens is 423 g/mol. The van der Waals surface area contributed by atoms with Crippen LogP contribution < -0.4 is 15.5 Å². The first-order chi connectivity index (χ1) is 15.8. The molecule has 0 spiro atoms. The maximum atomic E-state index is 14.6. The van der Waals surface area contributed by atoms with Crippen LogP contribution in [0.1, 0.15) is 35.6 Å². The maximum Gasteiger partial charge on any atom is 0.259 e. The van der Waals surface area contributed by atoms with Crippen molar-refractivity contribution in [2.24, 2.45) is 0 Å². The van der Waals surface area contributed by atoms with Gasteiger partial charge in [0.2, 0.25) is 0 Å². The van der Waals surface area contributed by atoms with Crippen LogP contribution in [-0.2, 0) is 0 Å². The molecule has 1 amide bonds. The standard InChI is InChI=1S/C23H25FN8O/c1-12-9-31(10-13(2)28-12)22-20-19(25-5-6-26-20)17(8-27-22)23(33)30-16-7-18(24)21-29-14(3)15(4)32(21)11-16/h5-8,11-13,28H,9-10H2,1-4H3,(H,30,33)/t12-,13-/m0/s1. The second kappa shape index (κ2) is 8.04. The molecule has 1 aliphatic rings. The number of pyridine rings is 2. The fraction of sp³-hybridized carbons (Fsp3) is 0.348. The van der Waals surface area contributed by atoms with Gasteiger partial charge in [-0.1, -0.05) is 0 Å². The minimum absolute atomic E-state index is 0.227. The molecule has 170 valence electrons. The lowest BCUT2D eigenvalue weighted by atomic mass is 10.1. The van der Waals surface area contributed by atoms with Gasteiger partial charge in [0.25, 0.3) is 5.91 Å². The van der Waals surface area contributed by atoms with E-state index in [9.17, 15) is 9.18 Å². The molecule has 0 bridgehead atoms. The van der Waals surface area contributed by atoms with Crippen LogP contribution in [0, 0.1) is 19.7 Å². The molecular formula is C23H25FN8O. The number of hydrogen-bond donors (Lipinski definition) is 2. The highest BCUT2D eigenvalue weighted by molar-refractivity contribution is 6.12. The topological polar surface area (TPSA) is 100 Å². The Labute approximate surface area is 190 Å². The summed E-state index contributed by atoms with van der Waals surface area (Å²) in [5, 5.41) is 6.27. The van der Waals surface area contributed by atoms with E-state index in [2.05, 4.69) is 49.3 Å². The molecule has 1 saturated heterocycles. The van der Waals surface area contributed by atoms with Crippen molar-refractivity contribution in [2.45, 2.75) is 39.8 Å². The van der Waals surface area contributed by atoms with E-state index in [1.807, 2.05) is 13.8 Å². The van der Waals surface area contributed by atoms with Crippen LogP contribution in [0.3, 0.4) is 0 Å². The van der Waals surface area contributed by atoms with Crippen molar-refractivity contribution in [1.29, 1.82) is 0 Å². The molecule has 0 aliphatic carbocycles. The van der Waals surface area contributed by atoms with Crippen molar-refractivity contribution in [3.05, 3.63) is 53.6 Å². The number of carbonyl (C=O) groups excluding carboxylic acids is 1. The molecule has 1 aliphatic heterocycles. The van der Waals surface area contributed by atoms with Crippen molar-refractivity contribution >= 4 is 34.1 Å². The van der Waals surface area contributed by atoms with Gasteiger partial charge in [-0.15, -0.1) is 0 Å². The maximum absolute atomic E-state index is 14.6. The number of fused-ring (bicyclic) bond motifs is 2. The Morgan fingerprint density at radius 3 is 2.55 bits per heavy atom. The van der Waals surface area contributed by atoms with E-state index in [0.29, 0.717) is 34.6 Å². The largest absolute Gasteiger partial charge is 0.352 e. The van der Waals surface area contributed by atoms with Crippen LogP contribution in [0.2, 0.25) is 0 Å². The lowest BCUT2D eigenvalue weighted by Gasteiger charge is -2.37. The average Bonchev–Trinajstić information content (AvgIpc) is 3.06. The normalized spacial score (nSPS) is 18.8. The summed E-state index contributed by atoms with van der Waals surface area (Å²) in [5.74, 6) is -0.245. The molecule has 0 radical (unpaired) electrons. The van der Waals surface area contributed by atoms with E-state index >= 15 is 0 Å². The smallest absolute Gasteiger partial charge is 0.259 e. The fourth-order valence-electron chi connectivity index (χ4n) is 4.44. The van der Waals surface area contributed by atoms with Gasteiger partial charge in [-0.2, -0.15) is 0 Å². The highest BCUT2D eigenvalue weighted by atomic mass is 19.1. The van der Waals surface area contributed by atoms with E-state index in [1.165, 1.54) is 12.3 Å². The summed E-state index contributed by atoms with van der Waals surface area (Å²) < 4.78 is 16.2. The minimum Gasteiger partial charge on any atom is -0.352 e. The molecule has 4 aromatic rings. The number of aryl methyl sites for hydroxylation is 2. The number of halogens is 1. The van der Waals surface area contributed by atoms with Gasteiger partial charge in [0.05, 0.1) is 16.9 Å². The van der Waals surface area contributed by atoms with Gasteiger partial charge in [-0.3, -0.25) is 14.2 Å². The van der Waals surface area contributed by atoms with Crippen molar-refractivity contribution in [2.75, 3.05) is 23.3 Å².